The average Bonchev–Trinajstić information content (AvgIpc) is 2.78. The van der Waals surface area contributed by atoms with Gasteiger partial charge in [-0.3, -0.25) is 4.79 Å². The van der Waals surface area contributed by atoms with E-state index in [1.54, 1.807) is 6.20 Å². The Morgan fingerprint density at radius 3 is 3.06 bits per heavy atom. The summed E-state index contributed by atoms with van der Waals surface area (Å²) >= 11 is 0. The van der Waals surface area contributed by atoms with E-state index >= 15 is 0 Å². The summed E-state index contributed by atoms with van der Waals surface area (Å²) < 4.78 is 1.96. The number of carbonyl (C=O) groups excluding carboxylic acids is 1. The maximum absolute atomic E-state index is 12.3. The first-order valence-corrected chi connectivity index (χ1v) is 6.47. The Balaban J connectivity index is 2.16. The van der Waals surface area contributed by atoms with Gasteiger partial charge in [-0.2, -0.15) is 0 Å². The van der Waals surface area contributed by atoms with E-state index in [1.807, 2.05) is 10.8 Å². The monoisotopic (exact) mass is 232 g/mol. The number of hydrogen-bond acceptors (Lipinski definition) is 2. The van der Waals surface area contributed by atoms with E-state index in [1.165, 1.54) is 0 Å². The molecule has 92 valence electrons. The topological polar surface area (TPSA) is 34.9 Å². The lowest BCUT2D eigenvalue weighted by molar-refractivity contribution is 0.101. The minimum Gasteiger partial charge on any atom is -0.328 e. The molecule has 3 nitrogen and oxygen atoms in total. The SMILES string of the molecule is CCCn1ccnc1C(=O)C1=CCC(C)CC1. The number of nitrogens with zero attached hydrogens (tertiary/aromatic N) is 2. The summed E-state index contributed by atoms with van der Waals surface area (Å²) in [5.41, 5.74) is 0.951. The summed E-state index contributed by atoms with van der Waals surface area (Å²) in [6, 6.07) is 0. The van der Waals surface area contributed by atoms with Crippen LogP contribution < -0.4 is 0 Å². The molecule has 17 heavy (non-hydrogen) atoms. The van der Waals surface area contributed by atoms with Crippen LogP contribution in [-0.4, -0.2) is 15.3 Å². The van der Waals surface area contributed by atoms with Gasteiger partial charge in [-0.05, 0) is 37.2 Å². The third-order valence-electron chi connectivity index (χ3n) is 3.35. The summed E-state index contributed by atoms with van der Waals surface area (Å²) in [5, 5.41) is 0. The molecule has 0 amide bonds. The van der Waals surface area contributed by atoms with Crippen molar-refractivity contribution < 1.29 is 4.79 Å². The summed E-state index contributed by atoms with van der Waals surface area (Å²) in [7, 11) is 0. The van der Waals surface area contributed by atoms with Gasteiger partial charge in [0.2, 0.25) is 5.78 Å². The first-order valence-electron chi connectivity index (χ1n) is 6.47. The summed E-state index contributed by atoms with van der Waals surface area (Å²) in [6.45, 7) is 5.20. The van der Waals surface area contributed by atoms with Crippen molar-refractivity contribution >= 4 is 5.78 Å². The zero-order chi connectivity index (χ0) is 12.3. The van der Waals surface area contributed by atoms with Crippen molar-refractivity contribution in [3.63, 3.8) is 0 Å². The van der Waals surface area contributed by atoms with Crippen LogP contribution in [0.5, 0.6) is 0 Å². The highest BCUT2D eigenvalue weighted by Crippen LogP contribution is 2.25. The van der Waals surface area contributed by atoms with Crippen LogP contribution in [0, 0.1) is 5.92 Å². The molecule has 0 saturated heterocycles. The third kappa shape index (κ3) is 2.65. The van der Waals surface area contributed by atoms with E-state index in [0.717, 1.165) is 37.8 Å². The van der Waals surface area contributed by atoms with Crippen molar-refractivity contribution in [3.05, 3.63) is 29.9 Å². The molecular formula is C14H20N2O. The molecule has 1 aliphatic rings. The number of ketones is 1. The molecule has 0 N–H and O–H groups in total. The fraction of sp³-hybridized carbons (Fsp3) is 0.571. The second-order valence-corrected chi connectivity index (χ2v) is 4.88. The molecule has 0 aliphatic heterocycles. The van der Waals surface area contributed by atoms with E-state index in [4.69, 9.17) is 0 Å². The molecule has 1 unspecified atom stereocenters. The van der Waals surface area contributed by atoms with Gasteiger partial charge in [-0.15, -0.1) is 0 Å². The summed E-state index contributed by atoms with van der Waals surface area (Å²) in [5.74, 6) is 1.44. The lowest BCUT2D eigenvalue weighted by atomic mass is 9.89. The number of rotatable bonds is 4. The van der Waals surface area contributed by atoms with Gasteiger partial charge in [-0.25, -0.2) is 4.98 Å². The highest BCUT2D eigenvalue weighted by Gasteiger charge is 2.20. The minimum atomic E-state index is 0.121. The van der Waals surface area contributed by atoms with Gasteiger partial charge in [0.1, 0.15) is 0 Å². The Hall–Kier alpha value is -1.38. The number of Topliss-reactive ketones (excluding diaryl/α,β-unsaturated/α-hetero) is 1. The largest absolute Gasteiger partial charge is 0.328 e. The first kappa shape index (κ1) is 12.1. The zero-order valence-corrected chi connectivity index (χ0v) is 10.6. The van der Waals surface area contributed by atoms with Crippen LogP contribution in [0.3, 0.4) is 0 Å². The van der Waals surface area contributed by atoms with Gasteiger partial charge in [0.05, 0.1) is 0 Å². The highest BCUT2D eigenvalue weighted by atomic mass is 16.1. The van der Waals surface area contributed by atoms with Gasteiger partial charge in [0.25, 0.3) is 0 Å². The number of imidazole rings is 1. The average molecular weight is 232 g/mol. The molecule has 0 spiro atoms. The van der Waals surface area contributed by atoms with E-state index in [2.05, 4.69) is 24.9 Å². The minimum absolute atomic E-state index is 0.121. The zero-order valence-electron chi connectivity index (χ0n) is 10.6. The molecule has 0 aromatic carbocycles. The molecule has 1 aliphatic carbocycles. The summed E-state index contributed by atoms with van der Waals surface area (Å²) in [6.07, 6.45) is 9.77. The number of allylic oxidation sites excluding steroid dienone is 2. The van der Waals surface area contributed by atoms with E-state index in [0.29, 0.717) is 11.7 Å². The predicted molar refractivity (Wildman–Crippen MR) is 67.9 cm³/mol. The smallest absolute Gasteiger partial charge is 0.224 e. The Kier molecular flexibility index (Phi) is 3.77. The standard InChI is InChI=1S/C14H20N2O/c1-3-9-16-10-8-15-14(16)13(17)12-6-4-11(2)5-7-12/h6,8,10-11H,3-5,7,9H2,1-2H3. The number of hydrogen-bond donors (Lipinski definition) is 0. The number of aromatic nitrogens is 2. The normalized spacial score (nSPS) is 20.1. The van der Waals surface area contributed by atoms with E-state index in [-0.39, 0.29) is 5.78 Å². The van der Waals surface area contributed by atoms with Crippen molar-refractivity contribution in [1.82, 2.24) is 9.55 Å². The Bertz CT molecular complexity index is 431. The molecule has 1 aromatic heterocycles. The molecule has 2 rings (SSSR count). The molecule has 3 heteroatoms. The van der Waals surface area contributed by atoms with Crippen molar-refractivity contribution in [2.24, 2.45) is 5.92 Å². The van der Waals surface area contributed by atoms with Gasteiger partial charge in [0, 0.05) is 18.9 Å². The fourth-order valence-electron chi connectivity index (χ4n) is 2.25. The van der Waals surface area contributed by atoms with Crippen molar-refractivity contribution in [3.8, 4) is 0 Å². The highest BCUT2D eigenvalue weighted by molar-refractivity contribution is 6.06. The van der Waals surface area contributed by atoms with Gasteiger partial charge in [-0.1, -0.05) is 19.9 Å². The van der Waals surface area contributed by atoms with Crippen molar-refractivity contribution in [1.29, 1.82) is 0 Å². The number of carbonyl (C=O) groups is 1. The van der Waals surface area contributed by atoms with Crippen LogP contribution >= 0.6 is 0 Å². The molecule has 1 atom stereocenters. The molecule has 0 radical (unpaired) electrons. The lowest BCUT2D eigenvalue weighted by Gasteiger charge is -2.17. The maximum atomic E-state index is 12.3. The van der Waals surface area contributed by atoms with Crippen LogP contribution in [0.2, 0.25) is 0 Å². The number of aryl methyl sites for hydroxylation is 1. The van der Waals surface area contributed by atoms with Crippen LogP contribution in [-0.2, 0) is 6.54 Å². The quantitative estimate of drug-likeness (QED) is 0.747. The Morgan fingerprint density at radius 1 is 1.59 bits per heavy atom. The van der Waals surface area contributed by atoms with Crippen LogP contribution in [0.1, 0.15) is 50.1 Å². The Labute approximate surface area is 103 Å². The van der Waals surface area contributed by atoms with Gasteiger partial charge < -0.3 is 4.57 Å². The van der Waals surface area contributed by atoms with Gasteiger partial charge in [0.15, 0.2) is 5.82 Å². The van der Waals surface area contributed by atoms with E-state index in [9.17, 15) is 4.79 Å². The molecule has 1 aromatic rings. The maximum Gasteiger partial charge on any atom is 0.224 e. The van der Waals surface area contributed by atoms with Crippen LogP contribution in [0.25, 0.3) is 0 Å². The fourth-order valence-corrected chi connectivity index (χ4v) is 2.25. The third-order valence-corrected chi connectivity index (χ3v) is 3.35. The Morgan fingerprint density at radius 2 is 2.41 bits per heavy atom. The van der Waals surface area contributed by atoms with E-state index < -0.39 is 0 Å². The molecule has 0 saturated carbocycles. The molecule has 0 bridgehead atoms. The van der Waals surface area contributed by atoms with Crippen LogP contribution in [0.4, 0.5) is 0 Å². The second kappa shape index (κ2) is 5.30. The van der Waals surface area contributed by atoms with Crippen molar-refractivity contribution in [2.75, 3.05) is 0 Å². The summed E-state index contributed by atoms with van der Waals surface area (Å²) in [4.78, 5) is 16.5. The molecule has 1 heterocycles. The first-order chi connectivity index (χ1) is 8.22. The molecule has 0 fully saturated rings. The predicted octanol–water partition coefficient (Wildman–Crippen LogP) is 3.22. The van der Waals surface area contributed by atoms with Crippen molar-refractivity contribution in [2.45, 2.75) is 46.1 Å². The molecular weight excluding hydrogens is 212 g/mol. The van der Waals surface area contributed by atoms with Crippen LogP contribution in [0.15, 0.2) is 24.0 Å². The lowest BCUT2D eigenvalue weighted by Crippen LogP contribution is -2.15. The van der Waals surface area contributed by atoms with Gasteiger partial charge >= 0.3 is 0 Å². The second-order valence-electron chi connectivity index (χ2n) is 4.88.